The van der Waals surface area contributed by atoms with E-state index in [-0.39, 0.29) is 30.3 Å². The summed E-state index contributed by atoms with van der Waals surface area (Å²) in [4.78, 5) is 24.8. The molecule has 2 amide bonds. The number of benzene rings is 2. The van der Waals surface area contributed by atoms with Crippen LogP contribution in [0.25, 0.3) is 0 Å². The number of fused-ring (bicyclic) bond motifs is 1. The molecule has 0 radical (unpaired) electrons. The molecule has 0 saturated carbocycles. The lowest BCUT2D eigenvalue weighted by Gasteiger charge is -2.35. The van der Waals surface area contributed by atoms with E-state index in [0.29, 0.717) is 6.61 Å². The number of amides is 2. The van der Waals surface area contributed by atoms with Crippen LogP contribution in [0.3, 0.4) is 0 Å². The molecule has 1 heterocycles. The van der Waals surface area contributed by atoms with Gasteiger partial charge in [0.25, 0.3) is 5.91 Å². The lowest BCUT2D eigenvalue weighted by Crippen LogP contribution is -2.49. The molecule has 3 rings (SSSR count). The lowest BCUT2D eigenvalue weighted by atomic mass is 9.87. The molecule has 0 fully saturated rings. The van der Waals surface area contributed by atoms with Gasteiger partial charge in [-0.15, -0.1) is 11.6 Å². The molecule has 6 heteroatoms. The molecule has 2 N–H and O–H groups in total. The third-order valence-corrected chi connectivity index (χ3v) is 5.09. The Labute approximate surface area is 164 Å². The molecule has 2 atom stereocenters. The van der Waals surface area contributed by atoms with Crippen LogP contribution in [0.4, 0.5) is 0 Å². The summed E-state index contributed by atoms with van der Waals surface area (Å²) in [5.41, 5.74) is 1.85. The van der Waals surface area contributed by atoms with Crippen molar-refractivity contribution in [1.29, 1.82) is 0 Å². The van der Waals surface area contributed by atoms with Gasteiger partial charge in [-0.25, -0.2) is 0 Å². The van der Waals surface area contributed by atoms with Gasteiger partial charge in [0.1, 0.15) is 5.88 Å². The van der Waals surface area contributed by atoms with E-state index in [4.69, 9.17) is 16.3 Å². The van der Waals surface area contributed by atoms with Gasteiger partial charge >= 0.3 is 0 Å². The van der Waals surface area contributed by atoms with E-state index >= 15 is 0 Å². The van der Waals surface area contributed by atoms with Crippen molar-refractivity contribution in [2.24, 2.45) is 0 Å². The van der Waals surface area contributed by atoms with Crippen LogP contribution in [0.5, 0.6) is 0 Å². The highest BCUT2D eigenvalue weighted by molar-refractivity contribution is 6.27. The minimum absolute atomic E-state index is 0.133. The van der Waals surface area contributed by atoms with Crippen molar-refractivity contribution in [2.75, 3.05) is 19.0 Å². The molecule has 142 valence electrons. The minimum Gasteiger partial charge on any atom is -0.360 e. The number of ether oxygens (including phenoxy) is 1. The van der Waals surface area contributed by atoms with Crippen LogP contribution in [-0.4, -0.2) is 30.8 Å². The molecule has 0 aromatic heterocycles. The Balaban J connectivity index is 1.75. The van der Waals surface area contributed by atoms with Crippen molar-refractivity contribution in [1.82, 2.24) is 10.6 Å². The van der Waals surface area contributed by atoms with E-state index in [0.717, 1.165) is 23.1 Å². The Hall–Kier alpha value is -2.37. The van der Waals surface area contributed by atoms with Gasteiger partial charge in [0.15, 0.2) is 5.60 Å². The Morgan fingerprint density at radius 1 is 1.15 bits per heavy atom. The highest BCUT2D eigenvalue weighted by atomic mass is 35.5. The van der Waals surface area contributed by atoms with Gasteiger partial charge in [-0.2, -0.15) is 0 Å². The fraction of sp³-hybridized carbons (Fsp3) is 0.333. The monoisotopic (exact) mass is 386 g/mol. The largest absolute Gasteiger partial charge is 0.360 e. The van der Waals surface area contributed by atoms with Crippen LogP contribution < -0.4 is 10.6 Å². The molecule has 1 aliphatic rings. The Bertz CT molecular complexity index is 812. The van der Waals surface area contributed by atoms with Gasteiger partial charge in [0.05, 0.1) is 12.6 Å². The fourth-order valence-electron chi connectivity index (χ4n) is 3.37. The second kappa shape index (κ2) is 8.55. The summed E-state index contributed by atoms with van der Waals surface area (Å²) in [5.74, 6) is -0.646. The number of hydrogen-bond acceptors (Lipinski definition) is 3. The van der Waals surface area contributed by atoms with Crippen molar-refractivity contribution in [3.63, 3.8) is 0 Å². The SMILES string of the molecule is CC1(C(=O)NCC(NC(=O)CCl)c2ccccc2)OCCc2ccccc21. The van der Waals surface area contributed by atoms with E-state index in [1.807, 2.05) is 54.6 Å². The highest BCUT2D eigenvalue weighted by Crippen LogP contribution is 2.33. The van der Waals surface area contributed by atoms with Gasteiger partial charge in [0.2, 0.25) is 5.91 Å². The van der Waals surface area contributed by atoms with Gasteiger partial charge in [-0.1, -0.05) is 54.6 Å². The zero-order valence-electron chi connectivity index (χ0n) is 15.2. The average molecular weight is 387 g/mol. The summed E-state index contributed by atoms with van der Waals surface area (Å²) in [6.07, 6.45) is 0.789. The summed E-state index contributed by atoms with van der Waals surface area (Å²) in [6.45, 7) is 2.52. The average Bonchev–Trinajstić information content (AvgIpc) is 2.71. The molecular weight excluding hydrogens is 364 g/mol. The van der Waals surface area contributed by atoms with Crippen molar-refractivity contribution in [3.8, 4) is 0 Å². The number of hydrogen-bond donors (Lipinski definition) is 2. The standard InChI is InChI=1S/C21H23ClN2O3/c1-21(17-10-6-5-7-15(17)11-12-27-21)20(26)23-14-18(24-19(25)13-22)16-8-3-2-4-9-16/h2-10,18H,11-14H2,1H3,(H,23,26)(H,24,25). The van der Waals surface area contributed by atoms with Crippen molar-refractivity contribution in [2.45, 2.75) is 25.0 Å². The molecule has 2 aromatic carbocycles. The number of nitrogens with one attached hydrogen (secondary N) is 2. The van der Waals surface area contributed by atoms with E-state index in [2.05, 4.69) is 10.6 Å². The van der Waals surface area contributed by atoms with Crippen LogP contribution in [0.1, 0.15) is 29.7 Å². The first-order chi connectivity index (χ1) is 13.0. The number of carbonyl (C=O) groups is 2. The van der Waals surface area contributed by atoms with Crippen LogP contribution in [-0.2, 0) is 26.3 Å². The van der Waals surface area contributed by atoms with Crippen LogP contribution in [0, 0.1) is 0 Å². The molecule has 2 unspecified atom stereocenters. The third kappa shape index (κ3) is 4.31. The number of alkyl halides is 1. The predicted molar refractivity (Wildman–Crippen MR) is 105 cm³/mol. The van der Waals surface area contributed by atoms with Gasteiger partial charge < -0.3 is 15.4 Å². The first-order valence-electron chi connectivity index (χ1n) is 8.95. The zero-order chi connectivity index (χ0) is 19.3. The topological polar surface area (TPSA) is 67.4 Å². The Morgan fingerprint density at radius 2 is 1.85 bits per heavy atom. The van der Waals surface area contributed by atoms with E-state index in [1.54, 1.807) is 6.92 Å². The quantitative estimate of drug-likeness (QED) is 0.750. The Morgan fingerprint density at radius 3 is 2.59 bits per heavy atom. The number of halogens is 1. The maximum absolute atomic E-state index is 13.0. The zero-order valence-corrected chi connectivity index (χ0v) is 16.0. The summed E-state index contributed by atoms with van der Waals surface area (Å²) in [5, 5.41) is 5.79. The van der Waals surface area contributed by atoms with Crippen LogP contribution in [0.2, 0.25) is 0 Å². The molecule has 27 heavy (non-hydrogen) atoms. The molecule has 0 bridgehead atoms. The first kappa shape index (κ1) is 19.4. The number of carbonyl (C=O) groups excluding carboxylic acids is 2. The normalized spacial score (nSPS) is 19.6. The van der Waals surface area contributed by atoms with Crippen LogP contribution in [0.15, 0.2) is 54.6 Å². The van der Waals surface area contributed by atoms with E-state index in [9.17, 15) is 9.59 Å². The summed E-state index contributed by atoms with van der Waals surface area (Å²) < 4.78 is 5.87. The van der Waals surface area contributed by atoms with Crippen molar-refractivity contribution < 1.29 is 14.3 Å². The smallest absolute Gasteiger partial charge is 0.256 e. The van der Waals surface area contributed by atoms with Gasteiger partial charge in [0, 0.05) is 6.54 Å². The number of rotatable bonds is 6. The molecule has 0 saturated heterocycles. The molecule has 2 aromatic rings. The molecule has 0 spiro atoms. The summed E-state index contributed by atoms with van der Waals surface area (Å²) in [7, 11) is 0. The van der Waals surface area contributed by atoms with Gasteiger partial charge in [-0.05, 0) is 30.0 Å². The van der Waals surface area contributed by atoms with Crippen molar-refractivity contribution in [3.05, 3.63) is 71.3 Å². The molecule has 0 aliphatic carbocycles. The second-order valence-corrected chi connectivity index (χ2v) is 6.93. The lowest BCUT2D eigenvalue weighted by molar-refractivity contribution is -0.148. The maximum atomic E-state index is 13.0. The minimum atomic E-state index is -1.05. The first-order valence-corrected chi connectivity index (χ1v) is 9.49. The summed E-state index contributed by atoms with van der Waals surface area (Å²) >= 11 is 5.63. The highest BCUT2D eigenvalue weighted by Gasteiger charge is 2.40. The predicted octanol–water partition coefficient (Wildman–Crippen LogP) is 2.69. The second-order valence-electron chi connectivity index (χ2n) is 6.66. The molecule has 1 aliphatic heterocycles. The van der Waals surface area contributed by atoms with Crippen molar-refractivity contribution >= 4 is 23.4 Å². The van der Waals surface area contributed by atoms with Crippen LogP contribution >= 0.6 is 11.6 Å². The maximum Gasteiger partial charge on any atom is 0.256 e. The fourth-order valence-corrected chi connectivity index (χ4v) is 3.45. The molecular formula is C21H23ClN2O3. The third-order valence-electron chi connectivity index (χ3n) is 4.85. The van der Waals surface area contributed by atoms with Gasteiger partial charge in [-0.3, -0.25) is 9.59 Å². The van der Waals surface area contributed by atoms with E-state index < -0.39 is 5.60 Å². The van der Waals surface area contributed by atoms with E-state index in [1.165, 1.54) is 0 Å². The summed E-state index contributed by atoms with van der Waals surface area (Å²) in [6, 6.07) is 16.9. The Kier molecular flexibility index (Phi) is 6.14. The molecule has 5 nitrogen and oxygen atoms in total.